The van der Waals surface area contributed by atoms with Crippen LogP contribution in [0.5, 0.6) is 11.5 Å². The van der Waals surface area contributed by atoms with Gasteiger partial charge in [0.25, 0.3) is 0 Å². The molecule has 0 atom stereocenters. The third kappa shape index (κ3) is 3.70. The van der Waals surface area contributed by atoms with Crippen LogP contribution in [0.4, 0.5) is 0 Å². The van der Waals surface area contributed by atoms with Crippen LogP contribution in [0, 0.1) is 0 Å². The molecule has 0 fully saturated rings. The highest BCUT2D eigenvalue weighted by Crippen LogP contribution is 2.36. The summed E-state index contributed by atoms with van der Waals surface area (Å²) >= 11 is 3.29. The summed E-state index contributed by atoms with van der Waals surface area (Å²) < 4.78 is 0. The number of phenolic OH excluding ortho intramolecular Hbond substituents is 2. The molecular weight excluding hydrogens is 412 g/mol. The molecule has 0 saturated heterocycles. The predicted octanol–water partition coefficient (Wildman–Crippen LogP) is 6.68. The minimum absolute atomic E-state index is 0.263. The summed E-state index contributed by atoms with van der Waals surface area (Å²) in [5.74, 6) is 0.526. The van der Waals surface area contributed by atoms with Gasteiger partial charge in [-0.3, -0.25) is 9.97 Å². The van der Waals surface area contributed by atoms with Gasteiger partial charge in [0.2, 0.25) is 0 Å². The number of aromatic nitrogens is 2. The number of hydrogen-bond donors (Lipinski definition) is 2. The summed E-state index contributed by atoms with van der Waals surface area (Å²) in [6.45, 7) is 0. The highest BCUT2D eigenvalue weighted by Gasteiger charge is 2.10. The van der Waals surface area contributed by atoms with Crippen LogP contribution in [0.15, 0.2) is 85.2 Å². The minimum atomic E-state index is 0.263. The number of benzene rings is 2. The van der Waals surface area contributed by atoms with Crippen LogP contribution in [0.2, 0.25) is 0 Å². The van der Waals surface area contributed by atoms with Gasteiger partial charge in [-0.15, -0.1) is 22.7 Å². The molecule has 30 heavy (non-hydrogen) atoms. The van der Waals surface area contributed by atoms with E-state index in [-0.39, 0.29) is 11.5 Å². The summed E-state index contributed by atoms with van der Waals surface area (Å²) in [7, 11) is 0. The molecule has 0 aliphatic rings. The largest absolute Gasteiger partial charge is 0.508 e. The van der Waals surface area contributed by atoms with Gasteiger partial charge in [-0.05, 0) is 83.9 Å². The van der Waals surface area contributed by atoms with Crippen LogP contribution in [0.25, 0.3) is 42.0 Å². The molecule has 2 aromatic carbocycles. The second kappa shape index (κ2) is 7.74. The summed E-state index contributed by atoms with van der Waals surface area (Å²) in [6.07, 6.45) is 3.61. The van der Waals surface area contributed by atoms with Crippen molar-refractivity contribution >= 4 is 22.7 Å². The zero-order chi connectivity index (χ0) is 20.5. The maximum atomic E-state index is 9.46. The van der Waals surface area contributed by atoms with E-state index in [0.29, 0.717) is 0 Å². The van der Waals surface area contributed by atoms with Crippen LogP contribution in [-0.2, 0) is 0 Å². The molecule has 0 spiro atoms. The third-order valence-corrected chi connectivity index (χ3v) is 6.99. The van der Waals surface area contributed by atoms with Crippen LogP contribution in [-0.4, -0.2) is 20.2 Å². The van der Waals surface area contributed by atoms with Gasteiger partial charge in [0, 0.05) is 9.75 Å². The number of nitrogens with zero attached hydrogens (tertiary/aromatic N) is 2. The van der Waals surface area contributed by atoms with Gasteiger partial charge in [-0.25, -0.2) is 0 Å². The molecule has 0 radical (unpaired) electrons. The Bertz CT molecular complexity index is 1190. The van der Waals surface area contributed by atoms with E-state index in [1.54, 1.807) is 46.9 Å². The number of aromatic hydroxyl groups is 2. The van der Waals surface area contributed by atoms with Crippen LogP contribution < -0.4 is 0 Å². The molecule has 4 nitrogen and oxygen atoms in total. The first-order valence-electron chi connectivity index (χ1n) is 9.27. The molecule has 0 aliphatic carbocycles. The van der Waals surface area contributed by atoms with Crippen molar-refractivity contribution in [2.75, 3.05) is 0 Å². The van der Waals surface area contributed by atoms with Gasteiger partial charge in [0.15, 0.2) is 0 Å². The Balaban J connectivity index is 1.37. The lowest BCUT2D eigenvalue weighted by Gasteiger charge is -2.00. The van der Waals surface area contributed by atoms with E-state index in [9.17, 15) is 10.2 Å². The second-order valence-electron chi connectivity index (χ2n) is 6.71. The SMILES string of the molecule is Oc1ccc(-c2ccc(-c3cnc(-c4ccc(-c5ccc(O)cc5)s4)cn3)s2)cc1. The van der Waals surface area contributed by atoms with Crippen LogP contribution >= 0.6 is 22.7 Å². The lowest BCUT2D eigenvalue weighted by atomic mass is 10.2. The number of hydrogen-bond acceptors (Lipinski definition) is 6. The molecule has 5 aromatic rings. The van der Waals surface area contributed by atoms with E-state index >= 15 is 0 Å². The number of phenols is 2. The number of rotatable bonds is 4. The van der Waals surface area contributed by atoms with Crippen molar-refractivity contribution in [3.05, 3.63) is 85.2 Å². The Morgan fingerprint density at radius 3 is 1.20 bits per heavy atom. The Morgan fingerprint density at radius 1 is 0.467 bits per heavy atom. The maximum Gasteiger partial charge on any atom is 0.115 e. The molecule has 3 aromatic heterocycles. The average molecular weight is 429 g/mol. The highest BCUT2D eigenvalue weighted by molar-refractivity contribution is 7.19. The molecule has 5 rings (SSSR count). The zero-order valence-corrected chi connectivity index (χ0v) is 17.3. The normalized spacial score (nSPS) is 10.9. The second-order valence-corrected chi connectivity index (χ2v) is 8.88. The van der Waals surface area contributed by atoms with Crippen molar-refractivity contribution in [1.29, 1.82) is 0 Å². The maximum absolute atomic E-state index is 9.46. The average Bonchev–Trinajstić information content (AvgIpc) is 3.45. The monoisotopic (exact) mass is 428 g/mol. The topological polar surface area (TPSA) is 66.2 Å². The van der Waals surface area contributed by atoms with E-state index in [1.807, 2.05) is 48.8 Å². The Morgan fingerprint density at radius 2 is 0.833 bits per heavy atom. The molecule has 0 amide bonds. The summed E-state index contributed by atoms with van der Waals surface area (Å²) in [4.78, 5) is 13.6. The fourth-order valence-corrected chi connectivity index (χ4v) is 5.04. The first kappa shape index (κ1) is 18.5. The van der Waals surface area contributed by atoms with Crippen molar-refractivity contribution in [3.8, 4) is 53.5 Å². The molecule has 2 N–H and O–H groups in total. The summed E-state index contributed by atoms with van der Waals surface area (Å²) in [5, 5.41) is 18.9. The van der Waals surface area contributed by atoms with Crippen molar-refractivity contribution in [1.82, 2.24) is 9.97 Å². The van der Waals surface area contributed by atoms with Crippen molar-refractivity contribution in [2.24, 2.45) is 0 Å². The van der Waals surface area contributed by atoms with Gasteiger partial charge in [-0.2, -0.15) is 0 Å². The molecule has 0 bridgehead atoms. The minimum Gasteiger partial charge on any atom is -0.508 e. The molecule has 3 heterocycles. The van der Waals surface area contributed by atoms with Crippen LogP contribution in [0.1, 0.15) is 0 Å². The lowest BCUT2D eigenvalue weighted by molar-refractivity contribution is 0.475. The molecule has 0 aliphatic heterocycles. The molecule has 6 heteroatoms. The van der Waals surface area contributed by atoms with E-state index in [2.05, 4.69) is 22.1 Å². The Kier molecular flexibility index (Phi) is 4.78. The quantitative estimate of drug-likeness (QED) is 0.335. The fraction of sp³-hybridized carbons (Fsp3) is 0. The van der Waals surface area contributed by atoms with Gasteiger partial charge < -0.3 is 10.2 Å². The standard InChI is InChI=1S/C24H16N2O2S2/c27-17-5-1-15(2-6-17)21-9-11-23(29-21)19-13-26-20(14-25-19)24-12-10-22(30-24)16-3-7-18(28)8-4-16/h1-14,27-28H. The number of thiophene rings is 2. The zero-order valence-electron chi connectivity index (χ0n) is 15.7. The fourth-order valence-electron chi connectivity index (χ4n) is 3.10. The Hall–Kier alpha value is -3.48. The van der Waals surface area contributed by atoms with E-state index in [1.165, 1.54) is 0 Å². The molecule has 0 saturated carbocycles. The van der Waals surface area contributed by atoms with Gasteiger partial charge >= 0.3 is 0 Å². The van der Waals surface area contributed by atoms with Crippen molar-refractivity contribution < 1.29 is 10.2 Å². The summed E-state index contributed by atoms with van der Waals surface area (Å²) in [5.41, 5.74) is 3.80. The highest BCUT2D eigenvalue weighted by atomic mass is 32.1. The van der Waals surface area contributed by atoms with Crippen molar-refractivity contribution in [3.63, 3.8) is 0 Å². The van der Waals surface area contributed by atoms with Gasteiger partial charge in [0.05, 0.1) is 33.5 Å². The lowest BCUT2D eigenvalue weighted by Crippen LogP contribution is -1.85. The van der Waals surface area contributed by atoms with Crippen molar-refractivity contribution in [2.45, 2.75) is 0 Å². The van der Waals surface area contributed by atoms with Gasteiger partial charge in [0.1, 0.15) is 11.5 Å². The Labute approximate surface area is 181 Å². The molecular formula is C24H16N2O2S2. The van der Waals surface area contributed by atoms with E-state index < -0.39 is 0 Å². The third-order valence-electron chi connectivity index (χ3n) is 4.67. The summed E-state index contributed by atoms with van der Waals surface area (Å²) in [6, 6.07) is 22.6. The predicted molar refractivity (Wildman–Crippen MR) is 123 cm³/mol. The first-order chi connectivity index (χ1) is 14.7. The van der Waals surface area contributed by atoms with E-state index in [4.69, 9.17) is 0 Å². The molecule has 0 unspecified atom stereocenters. The van der Waals surface area contributed by atoms with E-state index in [0.717, 1.165) is 42.0 Å². The van der Waals surface area contributed by atoms with Crippen LogP contribution in [0.3, 0.4) is 0 Å². The molecule has 146 valence electrons. The first-order valence-corrected chi connectivity index (χ1v) is 10.9. The smallest absolute Gasteiger partial charge is 0.115 e. The van der Waals surface area contributed by atoms with Gasteiger partial charge in [-0.1, -0.05) is 0 Å².